The van der Waals surface area contributed by atoms with Crippen LogP contribution < -0.4 is 0 Å². The number of aliphatic hydroxyl groups is 2. The Morgan fingerprint density at radius 2 is 1.32 bits per heavy atom. The Kier molecular flexibility index (Phi) is 6.59. The second kappa shape index (κ2) is 9.52. The third-order valence-electron chi connectivity index (χ3n) is 4.15. The lowest BCUT2D eigenvalue weighted by molar-refractivity contribution is -0.0515. The zero-order valence-corrected chi connectivity index (χ0v) is 15.1. The van der Waals surface area contributed by atoms with Crippen LogP contribution in [0.1, 0.15) is 27.6 Å². The molecule has 0 fully saturated rings. The van der Waals surface area contributed by atoms with Crippen LogP contribution in [0.15, 0.2) is 91.0 Å². The number of carbonyl (C=O) groups is 1. The van der Waals surface area contributed by atoms with Crippen LogP contribution in [0.4, 0.5) is 0 Å². The van der Waals surface area contributed by atoms with E-state index < -0.39 is 24.3 Å². The van der Waals surface area contributed by atoms with Crippen LogP contribution in [-0.2, 0) is 4.74 Å². The Hall–Kier alpha value is -3.39. The van der Waals surface area contributed by atoms with Gasteiger partial charge in [0.05, 0.1) is 5.56 Å². The number of benzene rings is 3. The van der Waals surface area contributed by atoms with Crippen molar-refractivity contribution in [3.63, 3.8) is 0 Å². The lowest BCUT2D eigenvalue weighted by Crippen LogP contribution is -2.35. The molecular formula is C24H20O4. The van der Waals surface area contributed by atoms with Crippen LogP contribution in [-0.4, -0.2) is 28.4 Å². The topological polar surface area (TPSA) is 66.8 Å². The molecule has 3 aromatic rings. The zero-order valence-electron chi connectivity index (χ0n) is 15.1. The average Bonchev–Trinajstić information content (AvgIpc) is 2.77. The summed E-state index contributed by atoms with van der Waals surface area (Å²) in [6, 6.07) is 26.3. The Morgan fingerprint density at radius 1 is 0.786 bits per heavy atom. The summed E-state index contributed by atoms with van der Waals surface area (Å²) < 4.78 is 5.44. The quantitative estimate of drug-likeness (QED) is 0.532. The van der Waals surface area contributed by atoms with Crippen LogP contribution in [0.2, 0.25) is 0 Å². The molecule has 0 saturated carbocycles. The highest BCUT2D eigenvalue weighted by Crippen LogP contribution is 2.21. The van der Waals surface area contributed by atoms with Crippen molar-refractivity contribution in [2.45, 2.75) is 18.3 Å². The fourth-order valence-electron chi connectivity index (χ4n) is 2.63. The van der Waals surface area contributed by atoms with Crippen molar-refractivity contribution in [2.75, 3.05) is 0 Å². The highest BCUT2D eigenvalue weighted by molar-refractivity contribution is 5.89. The number of esters is 1. The standard InChI is InChI=1S/C24H20O4/c25-22(19-12-6-2-7-13-19)23(26)21(17-16-18-10-4-1-5-11-18)28-24(27)20-14-8-3-9-15-20/h1-15,21-23,25-26H/t21-,22-,23-/m0/s1. The largest absolute Gasteiger partial charge is 0.443 e. The first kappa shape index (κ1) is 19.4. The molecule has 3 rings (SSSR count). The average molecular weight is 372 g/mol. The third-order valence-corrected chi connectivity index (χ3v) is 4.15. The fourth-order valence-corrected chi connectivity index (χ4v) is 2.63. The number of hydrogen-bond donors (Lipinski definition) is 2. The molecule has 3 atom stereocenters. The molecule has 0 bridgehead atoms. The predicted molar refractivity (Wildman–Crippen MR) is 106 cm³/mol. The summed E-state index contributed by atoms with van der Waals surface area (Å²) >= 11 is 0. The maximum absolute atomic E-state index is 12.4. The minimum absolute atomic E-state index is 0.343. The van der Waals surface area contributed by atoms with Crippen molar-refractivity contribution in [1.29, 1.82) is 0 Å². The minimum Gasteiger partial charge on any atom is -0.443 e. The van der Waals surface area contributed by atoms with Crippen molar-refractivity contribution in [3.05, 3.63) is 108 Å². The van der Waals surface area contributed by atoms with Gasteiger partial charge in [0.15, 0.2) is 6.10 Å². The molecule has 0 radical (unpaired) electrons. The maximum Gasteiger partial charge on any atom is 0.339 e. The van der Waals surface area contributed by atoms with E-state index in [2.05, 4.69) is 11.8 Å². The number of carbonyl (C=O) groups excluding carboxylic acids is 1. The van der Waals surface area contributed by atoms with Gasteiger partial charge in [0.25, 0.3) is 0 Å². The van der Waals surface area contributed by atoms with Crippen molar-refractivity contribution < 1.29 is 19.7 Å². The molecule has 0 aliphatic heterocycles. The van der Waals surface area contributed by atoms with E-state index in [0.29, 0.717) is 16.7 Å². The van der Waals surface area contributed by atoms with Crippen LogP contribution in [0.3, 0.4) is 0 Å². The second-order valence-corrected chi connectivity index (χ2v) is 6.17. The fraction of sp³-hybridized carbons (Fsp3) is 0.125. The van der Waals surface area contributed by atoms with Crippen molar-refractivity contribution in [3.8, 4) is 11.8 Å². The molecule has 0 aromatic heterocycles. The monoisotopic (exact) mass is 372 g/mol. The minimum atomic E-state index is -1.41. The van der Waals surface area contributed by atoms with Gasteiger partial charge in [0.2, 0.25) is 0 Å². The van der Waals surface area contributed by atoms with Gasteiger partial charge in [-0.3, -0.25) is 0 Å². The van der Waals surface area contributed by atoms with Gasteiger partial charge in [-0.1, -0.05) is 78.6 Å². The van der Waals surface area contributed by atoms with Crippen LogP contribution in [0.5, 0.6) is 0 Å². The van der Waals surface area contributed by atoms with Crippen LogP contribution in [0, 0.1) is 11.8 Å². The van der Waals surface area contributed by atoms with Gasteiger partial charge < -0.3 is 14.9 Å². The molecule has 0 heterocycles. The van der Waals surface area contributed by atoms with E-state index in [4.69, 9.17) is 4.74 Å². The van der Waals surface area contributed by atoms with Gasteiger partial charge in [-0.2, -0.15) is 0 Å². The smallest absolute Gasteiger partial charge is 0.339 e. The first-order valence-corrected chi connectivity index (χ1v) is 8.89. The summed E-state index contributed by atoms with van der Waals surface area (Å²) in [5.74, 6) is 5.06. The molecule has 140 valence electrons. The van der Waals surface area contributed by atoms with E-state index in [9.17, 15) is 15.0 Å². The summed E-state index contributed by atoms with van der Waals surface area (Å²) in [5.41, 5.74) is 1.57. The lowest BCUT2D eigenvalue weighted by atomic mass is 10.00. The van der Waals surface area contributed by atoms with Gasteiger partial charge in [0, 0.05) is 5.56 Å². The van der Waals surface area contributed by atoms with Gasteiger partial charge in [-0.25, -0.2) is 4.79 Å². The molecule has 0 aliphatic rings. The number of ether oxygens (including phenoxy) is 1. The first-order valence-electron chi connectivity index (χ1n) is 8.89. The summed E-state index contributed by atoms with van der Waals surface area (Å²) in [5, 5.41) is 21.2. The Morgan fingerprint density at radius 3 is 1.93 bits per heavy atom. The van der Waals surface area contributed by atoms with Gasteiger partial charge in [-0.15, -0.1) is 0 Å². The van der Waals surface area contributed by atoms with Crippen molar-refractivity contribution >= 4 is 5.97 Å². The van der Waals surface area contributed by atoms with Crippen LogP contribution in [0.25, 0.3) is 0 Å². The Balaban J connectivity index is 1.85. The molecule has 0 amide bonds. The first-order chi connectivity index (χ1) is 13.6. The predicted octanol–water partition coefficient (Wildman–Crippen LogP) is 3.36. The highest BCUT2D eigenvalue weighted by Gasteiger charge is 2.29. The Labute approximate surface area is 164 Å². The van der Waals surface area contributed by atoms with Crippen LogP contribution >= 0.6 is 0 Å². The van der Waals surface area contributed by atoms with Crippen molar-refractivity contribution in [2.24, 2.45) is 0 Å². The molecule has 4 heteroatoms. The number of aliphatic hydroxyl groups excluding tert-OH is 2. The number of rotatable bonds is 5. The molecule has 0 unspecified atom stereocenters. The van der Waals surface area contributed by atoms with Gasteiger partial charge >= 0.3 is 5.97 Å². The lowest BCUT2D eigenvalue weighted by Gasteiger charge is -2.23. The van der Waals surface area contributed by atoms with E-state index in [1.165, 1.54) is 0 Å². The molecular weight excluding hydrogens is 352 g/mol. The molecule has 0 saturated heterocycles. The van der Waals surface area contributed by atoms with E-state index in [-0.39, 0.29) is 0 Å². The molecule has 28 heavy (non-hydrogen) atoms. The zero-order chi connectivity index (χ0) is 19.8. The molecule has 2 N–H and O–H groups in total. The highest BCUT2D eigenvalue weighted by atomic mass is 16.6. The van der Waals surface area contributed by atoms with E-state index >= 15 is 0 Å². The van der Waals surface area contributed by atoms with E-state index in [0.717, 1.165) is 0 Å². The second-order valence-electron chi connectivity index (χ2n) is 6.17. The summed E-state index contributed by atoms with van der Waals surface area (Å²) in [4.78, 5) is 12.4. The molecule has 4 nitrogen and oxygen atoms in total. The van der Waals surface area contributed by atoms with Gasteiger partial charge in [0.1, 0.15) is 12.2 Å². The van der Waals surface area contributed by atoms with Gasteiger partial charge in [-0.05, 0) is 29.8 Å². The van der Waals surface area contributed by atoms with E-state index in [1.54, 1.807) is 54.6 Å². The third kappa shape index (κ3) is 5.08. The molecule has 0 aliphatic carbocycles. The Bertz CT molecular complexity index is 943. The maximum atomic E-state index is 12.4. The number of hydrogen-bond acceptors (Lipinski definition) is 4. The molecule has 3 aromatic carbocycles. The SMILES string of the molecule is O=C(O[C@@H](C#Cc1ccccc1)[C@H](O)[C@@H](O)c1ccccc1)c1ccccc1. The molecule has 0 spiro atoms. The summed E-state index contributed by atoms with van der Waals surface area (Å²) in [6.45, 7) is 0. The van der Waals surface area contributed by atoms with E-state index in [1.807, 2.05) is 36.4 Å². The summed E-state index contributed by atoms with van der Waals surface area (Å²) in [6.07, 6.45) is -3.87. The normalized spacial score (nSPS) is 13.5. The summed E-state index contributed by atoms with van der Waals surface area (Å²) in [7, 11) is 0. The van der Waals surface area contributed by atoms with Crippen molar-refractivity contribution in [1.82, 2.24) is 0 Å².